The molecule has 0 saturated heterocycles. The van der Waals surface area contributed by atoms with E-state index in [0.717, 1.165) is 11.1 Å². The predicted molar refractivity (Wildman–Crippen MR) is 101 cm³/mol. The van der Waals surface area contributed by atoms with Crippen LogP contribution in [0.1, 0.15) is 30.5 Å². The molecule has 0 unspecified atom stereocenters. The van der Waals surface area contributed by atoms with Crippen molar-refractivity contribution >= 4 is 33.4 Å². The van der Waals surface area contributed by atoms with Crippen molar-refractivity contribution < 1.29 is 13.2 Å². The van der Waals surface area contributed by atoms with Crippen LogP contribution in [0.3, 0.4) is 0 Å². The molecular weight excluding hydrogens is 358 g/mol. The molecule has 0 aliphatic rings. The van der Waals surface area contributed by atoms with Gasteiger partial charge in [0.1, 0.15) is 0 Å². The second kappa shape index (κ2) is 8.32. The zero-order chi connectivity index (χ0) is 18.4. The molecule has 1 amide bonds. The molecular formula is C19H20ClNO3S. The Balaban J connectivity index is 2.05. The highest BCUT2D eigenvalue weighted by Crippen LogP contribution is 2.19. The minimum Gasteiger partial charge on any atom is -0.346 e. The second-order valence-electron chi connectivity index (χ2n) is 5.70. The Morgan fingerprint density at radius 3 is 2.24 bits per heavy atom. The van der Waals surface area contributed by atoms with E-state index in [4.69, 9.17) is 11.6 Å². The van der Waals surface area contributed by atoms with Gasteiger partial charge in [-0.1, -0.05) is 42.8 Å². The molecule has 0 saturated carbocycles. The van der Waals surface area contributed by atoms with Gasteiger partial charge in [-0.15, -0.1) is 0 Å². The first-order chi connectivity index (χ1) is 11.8. The van der Waals surface area contributed by atoms with E-state index < -0.39 is 9.84 Å². The minimum absolute atomic E-state index is 0.184. The summed E-state index contributed by atoms with van der Waals surface area (Å²) >= 11 is 5.83. The van der Waals surface area contributed by atoms with Crippen LogP contribution in [-0.2, 0) is 14.6 Å². The lowest BCUT2D eigenvalue weighted by Crippen LogP contribution is -2.26. The molecule has 4 nitrogen and oxygen atoms in total. The zero-order valence-electron chi connectivity index (χ0n) is 14.1. The van der Waals surface area contributed by atoms with Gasteiger partial charge in [0.05, 0.1) is 10.9 Å². The van der Waals surface area contributed by atoms with Gasteiger partial charge in [0, 0.05) is 17.4 Å². The fraction of sp³-hybridized carbons (Fsp3) is 0.211. The van der Waals surface area contributed by atoms with E-state index in [0.29, 0.717) is 11.4 Å². The van der Waals surface area contributed by atoms with Crippen molar-refractivity contribution in [3.05, 3.63) is 70.8 Å². The van der Waals surface area contributed by atoms with Crippen molar-refractivity contribution in [2.45, 2.75) is 24.3 Å². The number of benzene rings is 2. The lowest BCUT2D eigenvalue weighted by molar-refractivity contribution is -0.117. The Hall–Kier alpha value is -2.11. The van der Waals surface area contributed by atoms with Crippen molar-refractivity contribution in [2.75, 3.05) is 6.26 Å². The minimum atomic E-state index is -3.23. The van der Waals surface area contributed by atoms with Gasteiger partial charge in [-0.05, 0) is 47.9 Å². The highest BCUT2D eigenvalue weighted by molar-refractivity contribution is 7.90. The quantitative estimate of drug-likeness (QED) is 0.773. The highest BCUT2D eigenvalue weighted by Gasteiger charge is 2.13. The summed E-state index contributed by atoms with van der Waals surface area (Å²) < 4.78 is 23.0. The number of hydrogen-bond donors (Lipinski definition) is 1. The van der Waals surface area contributed by atoms with Crippen LogP contribution in [0.15, 0.2) is 59.5 Å². The van der Waals surface area contributed by atoms with Crippen molar-refractivity contribution in [3.8, 4) is 0 Å². The first-order valence-electron chi connectivity index (χ1n) is 7.83. The third kappa shape index (κ3) is 5.73. The summed E-state index contributed by atoms with van der Waals surface area (Å²) in [5.41, 5.74) is 1.74. The lowest BCUT2D eigenvalue weighted by atomic mass is 10.0. The predicted octanol–water partition coefficient (Wildman–Crippen LogP) is 4.02. The molecule has 0 radical (unpaired) electrons. The van der Waals surface area contributed by atoms with Gasteiger partial charge in [-0.25, -0.2) is 8.42 Å². The van der Waals surface area contributed by atoms with E-state index in [1.807, 2.05) is 19.1 Å². The summed E-state index contributed by atoms with van der Waals surface area (Å²) in [7, 11) is -3.23. The zero-order valence-corrected chi connectivity index (χ0v) is 15.6. The highest BCUT2D eigenvalue weighted by atomic mass is 35.5. The van der Waals surface area contributed by atoms with E-state index in [2.05, 4.69) is 5.32 Å². The summed E-state index contributed by atoms with van der Waals surface area (Å²) in [4.78, 5) is 12.4. The van der Waals surface area contributed by atoms with Crippen LogP contribution in [0.4, 0.5) is 0 Å². The molecule has 2 aromatic rings. The molecule has 0 spiro atoms. The Kier molecular flexibility index (Phi) is 6.39. The van der Waals surface area contributed by atoms with Crippen LogP contribution in [0.2, 0.25) is 5.02 Å². The Morgan fingerprint density at radius 1 is 1.12 bits per heavy atom. The van der Waals surface area contributed by atoms with E-state index in [1.165, 1.54) is 12.3 Å². The first kappa shape index (κ1) is 19.2. The van der Waals surface area contributed by atoms with E-state index in [-0.39, 0.29) is 16.8 Å². The Labute approximate surface area is 153 Å². The standard InChI is InChI=1S/C19H20ClNO3S/c1-3-18(15-7-11-17(12-8-15)25(2,23)24)21-19(22)13-6-14-4-9-16(20)10-5-14/h4-13,18H,3H2,1-2H3,(H,21,22)/b13-6+/t18-/m1/s1. The van der Waals surface area contributed by atoms with E-state index in [9.17, 15) is 13.2 Å². The molecule has 25 heavy (non-hydrogen) atoms. The van der Waals surface area contributed by atoms with Crippen LogP contribution in [-0.4, -0.2) is 20.6 Å². The third-order valence-electron chi connectivity index (χ3n) is 3.73. The first-order valence-corrected chi connectivity index (χ1v) is 10.1. The van der Waals surface area contributed by atoms with Gasteiger partial charge >= 0.3 is 0 Å². The molecule has 1 atom stereocenters. The summed E-state index contributed by atoms with van der Waals surface area (Å²) in [6.45, 7) is 1.96. The SMILES string of the molecule is CC[C@@H](NC(=O)/C=C/c1ccc(Cl)cc1)c1ccc(S(C)(=O)=O)cc1. The van der Waals surface area contributed by atoms with Crippen molar-refractivity contribution in [1.29, 1.82) is 0 Å². The van der Waals surface area contributed by atoms with Gasteiger partial charge < -0.3 is 5.32 Å². The monoisotopic (exact) mass is 377 g/mol. The number of amides is 1. The maximum absolute atomic E-state index is 12.1. The molecule has 1 N–H and O–H groups in total. The second-order valence-corrected chi connectivity index (χ2v) is 8.15. The smallest absolute Gasteiger partial charge is 0.244 e. The van der Waals surface area contributed by atoms with Crippen LogP contribution >= 0.6 is 11.6 Å². The van der Waals surface area contributed by atoms with E-state index >= 15 is 0 Å². The van der Waals surface area contributed by atoms with Crippen molar-refractivity contribution in [3.63, 3.8) is 0 Å². The normalized spacial score (nSPS) is 12.9. The Bertz CT molecular complexity index is 857. The molecule has 0 fully saturated rings. The van der Waals surface area contributed by atoms with Crippen LogP contribution < -0.4 is 5.32 Å². The molecule has 6 heteroatoms. The van der Waals surface area contributed by atoms with Gasteiger partial charge in [0.2, 0.25) is 5.91 Å². The molecule has 0 aliphatic carbocycles. The van der Waals surface area contributed by atoms with Gasteiger partial charge in [-0.2, -0.15) is 0 Å². The van der Waals surface area contributed by atoms with Gasteiger partial charge in [0.25, 0.3) is 0 Å². The van der Waals surface area contributed by atoms with E-state index in [1.54, 1.807) is 42.5 Å². The summed E-state index contributed by atoms with van der Waals surface area (Å²) in [5.74, 6) is -0.214. The topological polar surface area (TPSA) is 63.2 Å². The number of rotatable bonds is 6. The number of sulfone groups is 1. The largest absolute Gasteiger partial charge is 0.346 e. The fourth-order valence-electron chi connectivity index (χ4n) is 2.33. The number of carbonyl (C=O) groups is 1. The van der Waals surface area contributed by atoms with Crippen LogP contribution in [0, 0.1) is 0 Å². The molecule has 0 heterocycles. The average Bonchev–Trinajstić information content (AvgIpc) is 2.58. The molecule has 132 valence electrons. The number of nitrogens with one attached hydrogen (secondary N) is 1. The van der Waals surface area contributed by atoms with Crippen LogP contribution in [0.25, 0.3) is 6.08 Å². The summed E-state index contributed by atoms with van der Waals surface area (Å²) in [6, 6.07) is 13.6. The number of carbonyl (C=O) groups excluding carboxylic acids is 1. The Morgan fingerprint density at radius 2 is 1.72 bits per heavy atom. The molecule has 0 bridgehead atoms. The molecule has 0 aromatic heterocycles. The average molecular weight is 378 g/mol. The molecule has 2 aromatic carbocycles. The maximum Gasteiger partial charge on any atom is 0.244 e. The number of hydrogen-bond acceptors (Lipinski definition) is 3. The maximum atomic E-state index is 12.1. The third-order valence-corrected chi connectivity index (χ3v) is 5.11. The van der Waals surface area contributed by atoms with Gasteiger partial charge in [-0.3, -0.25) is 4.79 Å². The number of halogens is 1. The summed E-state index contributed by atoms with van der Waals surface area (Å²) in [6.07, 6.45) is 5.04. The lowest BCUT2D eigenvalue weighted by Gasteiger charge is -2.16. The fourth-order valence-corrected chi connectivity index (χ4v) is 3.09. The van der Waals surface area contributed by atoms with Crippen molar-refractivity contribution in [2.24, 2.45) is 0 Å². The summed E-state index contributed by atoms with van der Waals surface area (Å²) in [5, 5.41) is 3.57. The molecule has 0 aliphatic heterocycles. The van der Waals surface area contributed by atoms with Crippen molar-refractivity contribution in [1.82, 2.24) is 5.32 Å². The molecule has 2 rings (SSSR count). The van der Waals surface area contributed by atoms with Crippen LogP contribution in [0.5, 0.6) is 0 Å². The van der Waals surface area contributed by atoms with Gasteiger partial charge in [0.15, 0.2) is 9.84 Å².